The minimum Gasteiger partial charge on any atom is -0.497 e. The summed E-state index contributed by atoms with van der Waals surface area (Å²) < 4.78 is 38.4. The van der Waals surface area contributed by atoms with Crippen molar-refractivity contribution in [2.45, 2.75) is 18.4 Å². The van der Waals surface area contributed by atoms with Crippen LogP contribution in [0.5, 0.6) is 11.5 Å². The molecule has 0 spiro atoms. The zero-order valence-corrected chi connectivity index (χ0v) is 18.2. The maximum absolute atomic E-state index is 13.2. The number of ether oxygens (including phenoxy) is 2. The number of H-pyrrole nitrogens is 1. The number of aromatic nitrogens is 2. The van der Waals surface area contributed by atoms with E-state index in [1.54, 1.807) is 19.2 Å². The first-order valence-corrected chi connectivity index (χ1v) is 11.2. The summed E-state index contributed by atoms with van der Waals surface area (Å²) in [5.74, 6) is 2.01. The zero-order chi connectivity index (χ0) is 21.3. The smallest absolute Gasteiger partial charge is 0.246 e. The number of rotatable bonds is 6. The van der Waals surface area contributed by atoms with Crippen molar-refractivity contribution in [2.75, 3.05) is 40.4 Å². The van der Waals surface area contributed by atoms with Crippen LogP contribution in [0.25, 0.3) is 11.0 Å². The predicted molar refractivity (Wildman–Crippen MR) is 114 cm³/mol. The largest absolute Gasteiger partial charge is 0.497 e. The lowest BCUT2D eigenvalue weighted by atomic mass is 10.2. The molecule has 30 heavy (non-hydrogen) atoms. The number of piperazine rings is 1. The summed E-state index contributed by atoms with van der Waals surface area (Å²) in [6, 6.07) is 11.0. The molecule has 1 N–H and O–H groups in total. The van der Waals surface area contributed by atoms with Crippen LogP contribution in [0, 0.1) is 6.92 Å². The summed E-state index contributed by atoms with van der Waals surface area (Å²) in [6.07, 6.45) is 0. The third kappa shape index (κ3) is 4.00. The van der Waals surface area contributed by atoms with Gasteiger partial charge in [-0.2, -0.15) is 4.31 Å². The van der Waals surface area contributed by atoms with Crippen LogP contribution in [0.2, 0.25) is 0 Å². The second-order valence-electron chi connectivity index (χ2n) is 7.40. The Balaban J connectivity index is 1.44. The van der Waals surface area contributed by atoms with Gasteiger partial charge in [-0.3, -0.25) is 4.90 Å². The molecule has 2 aromatic carbocycles. The van der Waals surface area contributed by atoms with Crippen molar-refractivity contribution in [3.8, 4) is 11.5 Å². The summed E-state index contributed by atoms with van der Waals surface area (Å²) in [4.78, 5) is 10.4. The summed E-state index contributed by atoms with van der Waals surface area (Å²) >= 11 is 0. The monoisotopic (exact) mass is 430 g/mol. The minimum atomic E-state index is -3.61. The first kappa shape index (κ1) is 20.6. The molecule has 1 aliphatic heterocycles. The van der Waals surface area contributed by atoms with Crippen LogP contribution < -0.4 is 9.47 Å². The van der Waals surface area contributed by atoms with E-state index in [0.29, 0.717) is 38.5 Å². The Labute approximate surface area is 176 Å². The molecule has 9 heteroatoms. The Hall–Kier alpha value is -2.62. The average Bonchev–Trinajstić information content (AvgIpc) is 3.15. The standard InChI is InChI=1S/C21H26N4O4S/c1-15-4-7-19(29-3)20(12-15)30(26,27)25-10-8-24(9-11-25)14-21-22-17-6-5-16(28-2)13-18(17)23-21/h4-7,12-13H,8-11,14H2,1-3H3,(H,22,23). The number of nitrogens with one attached hydrogen (secondary N) is 1. The van der Waals surface area contributed by atoms with Crippen LogP contribution >= 0.6 is 0 Å². The Kier molecular flexibility index (Phi) is 5.68. The number of hydrogen-bond acceptors (Lipinski definition) is 6. The molecule has 2 heterocycles. The van der Waals surface area contributed by atoms with Crippen molar-refractivity contribution in [3.63, 3.8) is 0 Å². The van der Waals surface area contributed by atoms with Gasteiger partial charge in [-0.15, -0.1) is 0 Å². The lowest BCUT2D eigenvalue weighted by Gasteiger charge is -2.33. The summed E-state index contributed by atoms with van der Waals surface area (Å²) in [6.45, 7) is 4.63. The molecule has 0 amide bonds. The number of benzene rings is 2. The number of aromatic amines is 1. The number of fused-ring (bicyclic) bond motifs is 1. The van der Waals surface area contributed by atoms with Crippen LogP contribution in [0.15, 0.2) is 41.3 Å². The molecule has 0 unspecified atom stereocenters. The molecule has 0 atom stereocenters. The Morgan fingerprint density at radius 1 is 1.03 bits per heavy atom. The highest BCUT2D eigenvalue weighted by Crippen LogP contribution is 2.28. The highest BCUT2D eigenvalue weighted by atomic mass is 32.2. The third-order valence-corrected chi connectivity index (χ3v) is 7.30. The van der Waals surface area contributed by atoms with Gasteiger partial charge in [0.2, 0.25) is 10.0 Å². The molecular weight excluding hydrogens is 404 g/mol. The number of methoxy groups -OCH3 is 2. The topological polar surface area (TPSA) is 87.8 Å². The van der Waals surface area contributed by atoms with E-state index in [1.165, 1.54) is 11.4 Å². The highest BCUT2D eigenvalue weighted by Gasteiger charge is 2.31. The van der Waals surface area contributed by atoms with E-state index in [2.05, 4.69) is 14.9 Å². The number of sulfonamides is 1. The number of hydrogen-bond donors (Lipinski definition) is 1. The molecule has 1 fully saturated rings. The fourth-order valence-corrected chi connectivity index (χ4v) is 5.37. The number of nitrogens with zero attached hydrogens (tertiary/aromatic N) is 3. The molecule has 160 valence electrons. The zero-order valence-electron chi connectivity index (χ0n) is 17.4. The van der Waals surface area contributed by atoms with E-state index in [4.69, 9.17) is 9.47 Å². The first-order chi connectivity index (χ1) is 14.4. The number of imidazole rings is 1. The van der Waals surface area contributed by atoms with Crippen molar-refractivity contribution in [1.29, 1.82) is 0 Å². The lowest BCUT2D eigenvalue weighted by molar-refractivity contribution is 0.178. The van der Waals surface area contributed by atoms with Gasteiger partial charge < -0.3 is 14.5 Å². The van der Waals surface area contributed by atoms with Crippen LogP contribution in [-0.4, -0.2) is 68.0 Å². The Bertz CT molecular complexity index is 1150. The highest BCUT2D eigenvalue weighted by molar-refractivity contribution is 7.89. The van der Waals surface area contributed by atoms with E-state index in [9.17, 15) is 8.42 Å². The van der Waals surface area contributed by atoms with Gasteiger partial charge in [-0.1, -0.05) is 6.07 Å². The quantitative estimate of drug-likeness (QED) is 0.646. The second kappa shape index (κ2) is 8.25. The van der Waals surface area contributed by atoms with Gasteiger partial charge in [0.25, 0.3) is 0 Å². The lowest BCUT2D eigenvalue weighted by Crippen LogP contribution is -2.48. The Morgan fingerprint density at radius 2 is 1.80 bits per heavy atom. The van der Waals surface area contributed by atoms with Gasteiger partial charge in [0.05, 0.1) is 31.8 Å². The molecule has 1 saturated heterocycles. The van der Waals surface area contributed by atoms with E-state index >= 15 is 0 Å². The second-order valence-corrected chi connectivity index (χ2v) is 9.31. The molecule has 1 aliphatic rings. The van der Waals surface area contributed by atoms with Crippen LogP contribution in [0.4, 0.5) is 0 Å². The molecule has 0 bridgehead atoms. The van der Waals surface area contributed by atoms with Gasteiger partial charge in [-0.25, -0.2) is 13.4 Å². The summed E-state index contributed by atoms with van der Waals surface area (Å²) in [7, 11) is -0.480. The average molecular weight is 431 g/mol. The van der Waals surface area contributed by atoms with Crippen molar-refractivity contribution in [3.05, 3.63) is 47.8 Å². The normalized spacial score (nSPS) is 16.1. The maximum Gasteiger partial charge on any atom is 0.246 e. The number of aryl methyl sites for hydroxylation is 1. The molecule has 0 radical (unpaired) electrons. The van der Waals surface area contributed by atoms with E-state index in [-0.39, 0.29) is 4.90 Å². The third-order valence-electron chi connectivity index (χ3n) is 5.38. The fourth-order valence-electron chi connectivity index (χ4n) is 3.71. The van der Waals surface area contributed by atoms with E-state index in [0.717, 1.165) is 28.2 Å². The molecule has 0 aliphatic carbocycles. The van der Waals surface area contributed by atoms with Crippen molar-refractivity contribution in [1.82, 2.24) is 19.2 Å². The molecular formula is C21H26N4O4S. The molecule has 8 nitrogen and oxygen atoms in total. The van der Waals surface area contributed by atoms with Gasteiger partial charge in [0.15, 0.2) is 0 Å². The fraction of sp³-hybridized carbons (Fsp3) is 0.381. The first-order valence-electron chi connectivity index (χ1n) is 9.80. The van der Waals surface area contributed by atoms with Crippen molar-refractivity contribution >= 4 is 21.1 Å². The molecule has 0 saturated carbocycles. The van der Waals surface area contributed by atoms with Gasteiger partial charge in [-0.05, 0) is 36.8 Å². The van der Waals surface area contributed by atoms with Crippen LogP contribution in [0.3, 0.4) is 0 Å². The SMILES string of the molecule is COc1ccc2nc(CN3CCN(S(=O)(=O)c4cc(C)ccc4OC)CC3)[nH]c2c1. The van der Waals surface area contributed by atoms with Gasteiger partial charge in [0, 0.05) is 32.2 Å². The van der Waals surface area contributed by atoms with E-state index in [1.807, 2.05) is 31.2 Å². The van der Waals surface area contributed by atoms with Gasteiger partial charge in [0.1, 0.15) is 22.2 Å². The molecule has 3 aromatic rings. The summed E-state index contributed by atoms with van der Waals surface area (Å²) in [5.41, 5.74) is 2.70. The molecule has 1 aromatic heterocycles. The Morgan fingerprint density at radius 3 is 2.50 bits per heavy atom. The van der Waals surface area contributed by atoms with Crippen LogP contribution in [-0.2, 0) is 16.6 Å². The minimum absolute atomic E-state index is 0.227. The molecule has 4 rings (SSSR count). The van der Waals surface area contributed by atoms with E-state index < -0.39 is 10.0 Å². The maximum atomic E-state index is 13.2. The van der Waals surface area contributed by atoms with Crippen LogP contribution in [0.1, 0.15) is 11.4 Å². The van der Waals surface area contributed by atoms with Crippen molar-refractivity contribution in [2.24, 2.45) is 0 Å². The summed E-state index contributed by atoms with van der Waals surface area (Å²) in [5, 5.41) is 0. The predicted octanol–water partition coefficient (Wildman–Crippen LogP) is 2.40. The van der Waals surface area contributed by atoms with Crippen molar-refractivity contribution < 1.29 is 17.9 Å². The van der Waals surface area contributed by atoms with Gasteiger partial charge >= 0.3 is 0 Å².